The molecule has 1 unspecified atom stereocenters. The van der Waals surface area contributed by atoms with Gasteiger partial charge in [-0.05, 0) is 84.9 Å². The second-order valence-corrected chi connectivity index (χ2v) is 10.8. The van der Waals surface area contributed by atoms with Crippen molar-refractivity contribution in [1.82, 2.24) is 10.2 Å². The average molecular weight is 487 g/mol. The van der Waals surface area contributed by atoms with Crippen LogP contribution in [-0.2, 0) is 30.4 Å². The van der Waals surface area contributed by atoms with E-state index in [4.69, 9.17) is 0 Å². The lowest BCUT2D eigenvalue weighted by Gasteiger charge is -2.40. The molecule has 3 atom stereocenters. The van der Waals surface area contributed by atoms with E-state index in [1.54, 1.807) is 17.0 Å². The van der Waals surface area contributed by atoms with Crippen LogP contribution in [0.5, 0.6) is 5.75 Å². The number of alkyl halides is 3. The first-order valence-electron chi connectivity index (χ1n) is 12.6. The Balaban J connectivity index is 1.32. The zero-order valence-corrected chi connectivity index (χ0v) is 20.3. The zero-order valence-electron chi connectivity index (χ0n) is 20.3. The van der Waals surface area contributed by atoms with Crippen molar-refractivity contribution in [3.63, 3.8) is 0 Å². The summed E-state index contributed by atoms with van der Waals surface area (Å²) in [6, 6.07) is 9.94. The van der Waals surface area contributed by atoms with E-state index in [0.717, 1.165) is 54.9 Å². The first-order chi connectivity index (χ1) is 16.6. The van der Waals surface area contributed by atoms with Gasteiger partial charge in [0.25, 0.3) is 0 Å². The van der Waals surface area contributed by atoms with Crippen molar-refractivity contribution in [1.29, 1.82) is 0 Å². The van der Waals surface area contributed by atoms with Crippen LogP contribution in [0.15, 0.2) is 36.4 Å². The highest BCUT2D eigenvalue weighted by molar-refractivity contribution is 5.84. The summed E-state index contributed by atoms with van der Waals surface area (Å²) in [6.07, 6.45) is 0.339. The van der Waals surface area contributed by atoms with E-state index in [-0.39, 0.29) is 30.5 Å². The van der Waals surface area contributed by atoms with Gasteiger partial charge in [0.05, 0.1) is 11.0 Å². The predicted octanol–water partition coefficient (Wildman–Crippen LogP) is 5.77. The largest absolute Gasteiger partial charge is 0.508 e. The normalized spacial score (nSPS) is 26.2. The van der Waals surface area contributed by atoms with Crippen molar-refractivity contribution in [2.24, 2.45) is 11.3 Å². The summed E-state index contributed by atoms with van der Waals surface area (Å²) in [6.45, 7) is 4.95. The quantitative estimate of drug-likeness (QED) is 0.577. The number of aromatic hydroxyl groups is 1. The molecule has 2 aliphatic carbocycles. The van der Waals surface area contributed by atoms with Gasteiger partial charge < -0.3 is 15.3 Å². The number of carbonyl (C=O) groups excluding carboxylic acids is 1. The van der Waals surface area contributed by atoms with Gasteiger partial charge >= 0.3 is 6.18 Å². The van der Waals surface area contributed by atoms with Crippen molar-refractivity contribution in [2.75, 3.05) is 6.54 Å². The van der Waals surface area contributed by atoms with Gasteiger partial charge in [-0.1, -0.05) is 32.0 Å². The maximum absolute atomic E-state index is 13.9. The van der Waals surface area contributed by atoms with Crippen LogP contribution in [0, 0.1) is 11.3 Å². The van der Waals surface area contributed by atoms with Crippen LogP contribution in [0.4, 0.5) is 13.2 Å². The molecule has 2 aromatic carbocycles. The van der Waals surface area contributed by atoms with Crippen molar-refractivity contribution in [2.45, 2.75) is 77.2 Å². The fourth-order valence-corrected chi connectivity index (χ4v) is 6.50. The molecule has 1 aliphatic heterocycles. The maximum Gasteiger partial charge on any atom is 0.416 e. The second kappa shape index (κ2) is 8.84. The molecule has 4 nitrogen and oxygen atoms in total. The van der Waals surface area contributed by atoms with Gasteiger partial charge in [0.15, 0.2) is 0 Å². The van der Waals surface area contributed by atoms with Gasteiger partial charge in [-0.3, -0.25) is 4.79 Å². The Kier molecular flexibility index (Phi) is 6.10. The number of carbonyl (C=O) groups is 1. The van der Waals surface area contributed by atoms with Crippen LogP contribution in [0.1, 0.15) is 73.4 Å². The molecule has 1 amide bonds. The highest BCUT2D eigenvalue weighted by Crippen LogP contribution is 2.48. The number of benzene rings is 2. The molecule has 188 valence electrons. The van der Waals surface area contributed by atoms with Gasteiger partial charge in [0, 0.05) is 25.2 Å². The Bertz CT molecular complexity index is 1130. The van der Waals surface area contributed by atoms with E-state index in [1.165, 1.54) is 6.07 Å². The van der Waals surface area contributed by atoms with E-state index < -0.39 is 17.2 Å². The van der Waals surface area contributed by atoms with Crippen LogP contribution >= 0.6 is 0 Å². The van der Waals surface area contributed by atoms with Gasteiger partial charge in [0.2, 0.25) is 5.91 Å². The predicted molar refractivity (Wildman–Crippen MR) is 128 cm³/mol. The molecule has 2 aromatic rings. The molecule has 5 rings (SSSR count). The third-order valence-electron chi connectivity index (χ3n) is 8.60. The Morgan fingerprint density at radius 2 is 1.94 bits per heavy atom. The van der Waals surface area contributed by atoms with Crippen molar-refractivity contribution < 1.29 is 23.1 Å². The molecule has 0 bridgehead atoms. The smallest absolute Gasteiger partial charge is 0.416 e. The average Bonchev–Trinajstić information content (AvgIpc) is 3.44. The molecule has 0 aromatic heterocycles. The number of phenolic OH excluding ortho intramolecular Hbond substituents is 1. The number of halogens is 3. The standard InChI is InChI=1S/C28H33F3N2O2/c1-17(2)27(12-10-21(15-27)32-24-9-8-23-22(24)4-3-5-25(23)34)26(35)33-13-11-18-6-7-20(28(29,30)31)14-19(18)16-33/h3-7,14,17,21,24,32,34H,8-13,15-16H2,1-2H3/t21-,24?,27+/m1/s1. The minimum Gasteiger partial charge on any atom is -0.508 e. The van der Waals surface area contributed by atoms with Crippen molar-refractivity contribution in [3.8, 4) is 5.75 Å². The van der Waals surface area contributed by atoms with E-state index in [0.29, 0.717) is 24.3 Å². The van der Waals surface area contributed by atoms with E-state index in [9.17, 15) is 23.1 Å². The lowest BCUT2D eigenvalue weighted by atomic mass is 9.73. The molecule has 1 saturated carbocycles. The molecule has 2 N–H and O–H groups in total. The lowest BCUT2D eigenvalue weighted by molar-refractivity contribution is -0.145. The molecule has 3 aliphatic rings. The molecule has 0 spiro atoms. The van der Waals surface area contributed by atoms with E-state index >= 15 is 0 Å². The molecule has 0 saturated heterocycles. The summed E-state index contributed by atoms with van der Waals surface area (Å²) in [5.74, 6) is 0.554. The number of amides is 1. The Labute approximate surface area is 204 Å². The molecular weight excluding hydrogens is 453 g/mol. The Morgan fingerprint density at radius 1 is 1.14 bits per heavy atom. The lowest BCUT2D eigenvalue weighted by Crippen LogP contribution is -2.48. The van der Waals surface area contributed by atoms with Crippen molar-refractivity contribution >= 4 is 5.91 Å². The summed E-state index contributed by atoms with van der Waals surface area (Å²) >= 11 is 0. The summed E-state index contributed by atoms with van der Waals surface area (Å²) in [5.41, 5.74) is 2.49. The van der Waals surface area contributed by atoms with Crippen LogP contribution in [0.2, 0.25) is 0 Å². The highest BCUT2D eigenvalue weighted by Gasteiger charge is 2.50. The number of nitrogens with one attached hydrogen (secondary N) is 1. The number of hydrogen-bond donors (Lipinski definition) is 2. The maximum atomic E-state index is 13.9. The first-order valence-corrected chi connectivity index (χ1v) is 12.6. The third-order valence-corrected chi connectivity index (χ3v) is 8.60. The zero-order chi connectivity index (χ0) is 25.0. The molecule has 0 radical (unpaired) electrons. The molecule has 1 heterocycles. The van der Waals surface area contributed by atoms with Gasteiger partial charge in [-0.15, -0.1) is 0 Å². The van der Waals surface area contributed by atoms with Crippen LogP contribution < -0.4 is 5.32 Å². The fourth-order valence-electron chi connectivity index (χ4n) is 6.50. The topological polar surface area (TPSA) is 52.6 Å². The number of hydrogen-bond acceptors (Lipinski definition) is 3. The second-order valence-electron chi connectivity index (χ2n) is 10.8. The molecular formula is C28H33F3N2O2. The third kappa shape index (κ3) is 4.32. The van der Waals surface area contributed by atoms with Crippen LogP contribution in [0.25, 0.3) is 0 Å². The monoisotopic (exact) mass is 486 g/mol. The van der Waals surface area contributed by atoms with Gasteiger partial charge in [0.1, 0.15) is 5.75 Å². The van der Waals surface area contributed by atoms with Gasteiger partial charge in [-0.2, -0.15) is 13.2 Å². The Hall–Kier alpha value is -2.54. The number of rotatable bonds is 4. The number of nitrogens with zero attached hydrogens (tertiary/aromatic N) is 1. The fraction of sp³-hybridized carbons (Fsp3) is 0.536. The van der Waals surface area contributed by atoms with Crippen molar-refractivity contribution in [3.05, 3.63) is 64.2 Å². The van der Waals surface area contributed by atoms with E-state index in [2.05, 4.69) is 25.2 Å². The summed E-state index contributed by atoms with van der Waals surface area (Å²) in [5, 5.41) is 13.9. The Morgan fingerprint density at radius 3 is 2.69 bits per heavy atom. The highest BCUT2D eigenvalue weighted by atomic mass is 19.4. The number of fused-ring (bicyclic) bond motifs is 2. The number of phenols is 1. The molecule has 35 heavy (non-hydrogen) atoms. The van der Waals surface area contributed by atoms with Crippen LogP contribution in [0.3, 0.4) is 0 Å². The SMILES string of the molecule is CC(C)[C@]1(C(=O)N2CCc3ccc(C(F)(F)F)cc3C2)CC[C@@H](NC2CCc3c(O)cccc32)C1. The van der Waals surface area contributed by atoms with Crippen LogP contribution in [-0.4, -0.2) is 28.5 Å². The van der Waals surface area contributed by atoms with E-state index in [1.807, 2.05) is 6.07 Å². The minimum atomic E-state index is -4.39. The summed E-state index contributed by atoms with van der Waals surface area (Å²) < 4.78 is 39.7. The summed E-state index contributed by atoms with van der Waals surface area (Å²) in [4.78, 5) is 15.7. The molecule has 7 heteroatoms. The summed E-state index contributed by atoms with van der Waals surface area (Å²) in [7, 11) is 0. The van der Waals surface area contributed by atoms with Gasteiger partial charge in [-0.25, -0.2) is 0 Å². The molecule has 1 fully saturated rings. The minimum absolute atomic E-state index is 0.0735. The first kappa shape index (κ1) is 24.2.